The van der Waals surface area contributed by atoms with Crippen molar-refractivity contribution in [2.24, 2.45) is 0 Å². The molecule has 2 heterocycles. The van der Waals surface area contributed by atoms with Crippen LogP contribution in [0.1, 0.15) is 31.7 Å². The van der Waals surface area contributed by atoms with E-state index in [4.69, 9.17) is 4.74 Å². The highest BCUT2D eigenvalue weighted by molar-refractivity contribution is 7.14. The summed E-state index contributed by atoms with van der Waals surface area (Å²) in [5, 5.41) is 12.1. The van der Waals surface area contributed by atoms with Crippen LogP contribution < -0.4 is 10.2 Å². The third-order valence-electron chi connectivity index (χ3n) is 3.88. The summed E-state index contributed by atoms with van der Waals surface area (Å²) >= 11 is 1.35. The number of nitrogens with zero attached hydrogens (tertiary/aromatic N) is 3. The molecule has 9 heteroatoms. The molecule has 0 unspecified atom stereocenters. The number of cyclic esters (lactones) is 1. The van der Waals surface area contributed by atoms with Crippen molar-refractivity contribution in [3.05, 3.63) is 29.0 Å². The quantitative estimate of drug-likeness (QED) is 0.865. The standard InChI is InChI=1S/C17H19FN4O3S/c1-9(2)15-20-21-16(26-15)13-5-4-11(6-14(13)18)22-8-12(25-17(22)24)7-19-10(3)23/h4-6,9,12H,7-8H2,1-3H3,(H,19,23)/t12-/m0/s1. The maximum absolute atomic E-state index is 14.6. The molecule has 1 N–H and O–H groups in total. The molecule has 0 aliphatic carbocycles. The van der Waals surface area contributed by atoms with Crippen molar-refractivity contribution in [2.45, 2.75) is 32.8 Å². The molecule has 0 radical (unpaired) electrons. The zero-order valence-electron chi connectivity index (χ0n) is 14.7. The molecular formula is C17H19FN4O3S. The first-order valence-electron chi connectivity index (χ1n) is 8.21. The minimum atomic E-state index is -0.564. The minimum Gasteiger partial charge on any atom is -0.442 e. The molecule has 1 atom stereocenters. The lowest BCUT2D eigenvalue weighted by Crippen LogP contribution is -2.33. The van der Waals surface area contributed by atoms with E-state index in [1.807, 2.05) is 13.8 Å². The molecule has 1 saturated heterocycles. The van der Waals surface area contributed by atoms with Crippen LogP contribution in [-0.4, -0.2) is 41.4 Å². The van der Waals surface area contributed by atoms with Crippen LogP contribution in [0.4, 0.5) is 14.9 Å². The Kier molecular flexibility index (Phi) is 5.17. The fourth-order valence-electron chi connectivity index (χ4n) is 2.52. The van der Waals surface area contributed by atoms with Crippen molar-refractivity contribution < 1.29 is 18.7 Å². The Labute approximate surface area is 154 Å². The molecule has 0 saturated carbocycles. The SMILES string of the molecule is CC(=O)NC[C@H]1CN(c2ccc(-c3nnc(C(C)C)s3)c(F)c2)C(=O)O1. The lowest BCUT2D eigenvalue weighted by atomic mass is 10.2. The van der Waals surface area contributed by atoms with E-state index in [1.54, 1.807) is 12.1 Å². The second kappa shape index (κ2) is 7.36. The summed E-state index contributed by atoms with van der Waals surface area (Å²) in [6.45, 7) is 5.86. The fraction of sp³-hybridized carbons (Fsp3) is 0.412. The number of halogens is 1. The van der Waals surface area contributed by atoms with Gasteiger partial charge in [0.1, 0.15) is 16.9 Å². The minimum absolute atomic E-state index is 0.201. The average Bonchev–Trinajstić information content (AvgIpc) is 3.20. The smallest absolute Gasteiger partial charge is 0.414 e. The summed E-state index contributed by atoms with van der Waals surface area (Å²) < 4.78 is 19.8. The molecular weight excluding hydrogens is 359 g/mol. The number of carbonyl (C=O) groups is 2. The van der Waals surface area contributed by atoms with Gasteiger partial charge in [-0.25, -0.2) is 9.18 Å². The second-order valence-electron chi connectivity index (χ2n) is 6.32. The van der Waals surface area contributed by atoms with Gasteiger partial charge in [0, 0.05) is 18.4 Å². The van der Waals surface area contributed by atoms with Gasteiger partial charge in [0.15, 0.2) is 5.01 Å². The summed E-state index contributed by atoms with van der Waals surface area (Å²) in [6.07, 6.45) is -1.03. The van der Waals surface area contributed by atoms with Gasteiger partial charge in [0.05, 0.1) is 18.8 Å². The first-order chi connectivity index (χ1) is 12.3. The van der Waals surface area contributed by atoms with E-state index in [2.05, 4.69) is 15.5 Å². The van der Waals surface area contributed by atoms with Crippen LogP contribution in [0.25, 0.3) is 10.6 Å². The van der Waals surface area contributed by atoms with Gasteiger partial charge in [-0.15, -0.1) is 10.2 Å². The van der Waals surface area contributed by atoms with Crippen molar-refractivity contribution in [3.8, 4) is 10.6 Å². The maximum Gasteiger partial charge on any atom is 0.414 e. The summed E-state index contributed by atoms with van der Waals surface area (Å²) in [5.74, 6) is -0.455. The van der Waals surface area contributed by atoms with Crippen LogP contribution in [-0.2, 0) is 9.53 Å². The predicted molar refractivity (Wildman–Crippen MR) is 95.7 cm³/mol. The number of aromatic nitrogens is 2. The fourth-order valence-corrected chi connectivity index (χ4v) is 3.39. The highest BCUT2D eigenvalue weighted by Gasteiger charge is 2.32. The number of anilines is 1. The van der Waals surface area contributed by atoms with Crippen LogP contribution in [0.2, 0.25) is 0 Å². The highest BCUT2D eigenvalue weighted by atomic mass is 32.1. The Hall–Kier alpha value is -2.55. The van der Waals surface area contributed by atoms with E-state index in [-0.39, 0.29) is 24.9 Å². The number of benzene rings is 1. The Morgan fingerprint density at radius 1 is 1.46 bits per heavy atom. The van der Waals surface area contributed by atoms with Gasteiger partial charge < -0.3 is 10.1 Å². The second-order valence-corrected chi connectivity index (χ2v) is 7.33. The van der Waals surface area contributed by atoms with Crippen LogP contribution in [0, 0.1) is 5.82 Å². The molecule has 1 fully saturated rings. The van der Waals surface area contributed by atoms with Gasteiger partial charge in [-0.05, 0) is 18.2 Å². The van der Waals surface area contributed by atoms with Gasteiger partial charge >= 0.3 is 6.09 Å². The number of hydrogen-bond acceptors (Lipinski definition) is 6. The van der Waals surface area contributed by atoms with E-state index < -0.39 is 18.0 Å². The van der Waals surface area contributed by atoms with Gasteiger partial charge in [-0.1, -0.05) is 25.2 Å². The number of nitrogens with one attached hydrogen (secondary N) is 1. The Morgan fingerprint density at radius 3 is 2.85 bits per heavy atom. The van der Waals surface area contributed by atoms with Gasteiger partial charge in [0.2, 0.25) is 5.91 Å². The van der Waals surface area contributed by atoms with Crippen molar-refractivity contribution in [3.63, 3.8) is 0 Å². The van der Waals surface area contributed by atoms with E-state index in [1.165, 1.54) is 29.2 Å². The first-order valence-corrected chi connectivity index (χ1v) is 9.02. The van der Waals surface area contributed by atoms with Crippen molar-refractivity contribution in [1.82, 2.24) is 15.5 Å². The van der Waals surface area contributed by atoms with Crippen LogP contribution in [0.5, 0.6) is 0 Å². The molecule has 0 spiro atoms. The third kappa shape index (κ3) is 3.82. The van der Waals surface area contributed by atoms with Crippen molar-refractivity contribution >= 4 is 29.0 Å². The Balaban J connectivity index is 1.76. The lowest BCUT2D eigenvalue weighted by Gasteiger charge is -2.14. The summed E-state index contributed by atoms with van der Waals surface area (Å²) in [5.41, 5.74) is 0.746. The zero-order valence-corrected chi connectivity index (χ0v) is 15.5. The van der Waals surface area contributed by atoms with Crippen molar-refractivity contribution in [2.75, 3.05) is 18.0 Å². The molecule has 2 amide bonds. The van der Waals surface area contributed by atoms with Gasteiger partial charge in [-0.2, -0.15) is 0 Å². The normalized spacial score (nSPS) is 16.9. The molecule has 26 heavy (non-hydrogen) atoms. The molecule has 0 bridgehead atoms. The predicted octanol–water partition coefficient (Wildman–Crippen LogP) is 2.93. The molecule has 7 nitrogen and oxygen atoms in total. The van der Waals surface area contributed by atoms with Crippen molar-refractivity contribution in [1.29, 1.82) is 0 Å². The zero-order chi connectivity index (χ0) is 18.8. The summed E-state index contributed by atoms with van der Waals surface area (Å²) in [6, 6.07) is 4.52. The maximum atomic E-state index is 14.6. The number of carbonyl (C=O) groups excluding carboxylic acids is 2. The molecule has 1 aromatic heterocycles. The van der Waals surface area contributed by atoms with E-state index in [9.17, 15) is 14.0 Å². The largest absolute Gasteiger partial charge is 0.442 e. The molecule has 1 aliphatic rings. The molecule has 1 aromatic carbocycles. The monoisotopic (exact) mass is 378 g/mol. The van der Waals surface area contributed by atoms with E-state index >= 15 is 0 Å². The Morgan fingerprint density at radius 2 is 2.23 bits per heavy atom. The Bertz CT molecular complexity index is 839. The number of hydrogen-bond donors (Lipinski definition) is 1. The van der Waals surface area contributed by atoms with Crippen LogP contribution >= 0.6 is 11.3 Å². The highest BCUT2D eigenvalue weighted by Crippen LogP contribution is 2.32. The molecule has 3 rings (SSSR count). The first kappa shape index (κ1) is 18.2. The van der Waals surface area contributed by atoms with Gasteiger partial charge in [0.25, 0.3) is 0 Å². The van der Waals surface area contributed by atoms with E-state index in [0.717, 1.165) is 5.01 Å². The number of amides is 2. The summed E-state index contributed by atoms with van der Waals surface area (Å²) in [4.78, 5) is 24.3. The lowest BCUT2D eigenvalue weighted by molar-refractivity contribution is -0.119. The van der Waals surface area contributed by atoms with Crippen LogP contribution in [0.15, 0.2) is 18.2 Å². The number of ether oxygens (including phenoxy) is 1. The third-order valence-corrected chi connectivity index (χ3v) is 5.14. The topological polar surface area (TPSA) is 84.4 Å². The number of rotatable bonds is 5. The van der Waals surface area contributed by atoms with E-state index in [0.29, 0.717) is 16.3 Å². The molecule has 2 aromatic rings. The van der Waals surface area contributed by atoms with Gasteiger partial charge in [-0.3, -0.25) is 9.69 Å². The summed E-state index contributed by atoms with van der Waals surface area (Å²) in [7, 11) is 0. The molecule has 1 aliphatic heterocycles. The van der Waals surface area contributed by atoms with Crippen LogP contribution in [0.3, 0.4) is 0 Å². The average molecular weight is 378 g/mol. The molecule has 138 valence electrons.